The van der Waals surface area contributed by atoms with Crippen LogP contribution in [-0.4, -0.2) is 32.5 Å². The summed E-state index contributed by atoms with van der Waals surface area (Å²) in [5.74, 6) is 2.15. The summed E-state index contributed by atoms with van der Waals surface area (Å²) in [6.45, 7) is 6.97. The molecule has 2 aromatic rings. The van der Waals surface area contributed by atoms with Crippen molar-refractivity contribution in [3.63, 3.8) is 0 Å². The average molecular weight is 346 g/mol. The quantitative estimate of drug-likeness (QED) is 0.843. The average Bonchev–Trinajstić information content (AvgIpc) is 3.20. The zero-order chi connectivity index (χ0) is 17.9. The van der Waals surface area contributed by atoms with Crippen LogP contribution in [-0.2, 0) is 16.6 Å². The summed E-state index contributed by atoms with van der Waals surface area (Å²) in [6, 6.07) is -0.0940. The number of aromatic nitrogens is 3. The van der Waals surface area contributed by atoms with Crippen LogP contribution in [0.25, 0.3) is 0 Å². The Kier molecular flexibility index (Phi) is 5.20. The topological polar surface area (TPSA) is 85.3 Å². The highest BCUT2D eigenvalue weighted by molar-refractivity contribution is 5.76. The second-order valence-electron chi connectivity index (χ2n) is 7.61. The van der Waals surface area contributed by atoms with Crippen LogP contribution in [0.4, 0.5) is 0 Å². The predicted molar refractivity (Wildman–Crippen MR) is 90.7 cm³/mol. The van der Waals surface area contributed by atoms with Crippen LogP contribution in [0.15, 0.2) is 21.5 Å². The van der Waals surface area contributed by atoms with Crippen LogP contribution < -0.4 is 0 Å². The maximum absolute atomic E-state index is 12.8. The van der Waals surface area contributed by atoms with Crippen molar-refractivity contribution in [1.82, 2.24) is 20.0 Å². The Bertz CT molecular complexity index is 687. The number of oxazole rings is 1. The van der Waals surface area contributed by atoms with Crippen LogP contribution >= 0.6 is 0 Å². The molecule has 0 spiro atoms. The molecule has 0 saturated carbocycles. The summed E-state index contributed by atoms with van der Waals surface area (Å²) < 4.78 is 10.7. The van der Waals surface area contributed by atoms with E-state index in [1.54, 1.807) is 6.20 Å². The fourth-order valence-electron chi connectivity index (χ4n) is 3.13. The van der Waals surface area contributed by atoms with Gasteiger partial charge >= 0.3 is 0 Å². The molecule has 7 nitrogen and oxygen atoms in total. The molecule has 0 aromatic carbocycles. The summed E-state index contributed by atoms with van der Waals surface area (Å²) in [5, 5.41) is 3.95. The van der Waals surface area contributed by atoms with Crippen molar-refractivity contribution < 1.29 is 13.7 Å². The van der Waals surface area contributed by atoms with Gasteiger partial charge in [-0.1, -0.05) is 38.8 Å². The van der Waals surface area contributed by atoms with Crippen LogP contribution in [0.2, 0.25) is 0 Å². The summed E-state index contributed by atoms with van der Waals surface area (Å²) >= 11 is 0. The molecule has 7 heteroatoms. The zero-order valence-electron chi connectivity index (χ0n) is 15.2. The van der Waals surface area contributed by atoms with Gasteiger partial charge in [0.05, 0.1) is 12.2 Å². The lowest BCUT2D eigenvalue weighted by atomic mass is 9.94. The van der Waals surface area contributed by atoms with E-state index in [0.717, 1.165) is 38.0 Å². The number of aryl methyl sites for hydroxylation is 1. The van der Waals surface area contributed by atoms with E-state index < -0.39 is 0 Å². The monoisotopic (exact) mass is 346 g/mol. The van der Waals surface area contributed by atoms with Gasteiger partial charge in [-0.3, -0.25) is 4.79 Å². The molecule has 1 atom stereocenters. The summed E-state index contributed by atoms with van der Waals surface area (Å²) in [4.78, 5) is 23.2. The van der Waals surface area contributed by atoms with E-state index in [4.69, 9.17) is 8.94 Å². The Morgan fingerprint density at radius 2 is 2.12 bits per heavy atom. The van der Waals surface area contributed by atoms with Gasteiger partial charge in [-0.05, 0) is 12.8 Å². The molecule has 1 aliphatic rings. The van der Waals surface area contributed by atoms with Crippen molar-refractivity contribution >= 4 is 5.91 Å². The van der Waals surface area contributed by atoms with Gasteiger partial charge in [0.1, 0.15) is 5.76 Å². The van der Waals surface area contributed by atoms with E-state index in [1.165, 1.54) is 6.39 Å². The lowest BCUT2D eigenvalue weighted by molar-refractivity contribution is -0.133. The van der Waals surface area contributed by atoms with E-state index in [0.29, 0.717) is 24.6 Å². The molecule has 0 N–H and O–H groups in total. The Morgan fingerprint density at radius 3 is 2.80 bits per heavy atom. The molecule has 0 unspecified atom stereocenters. The summed E-state index contributed by atoms with van der Waals surface area (Å²) in [5.41, 5.74) is -0.0796. The molecule has 0 radical (unpaired) electrons. The molecule has 25 heavy (non-hydrogen) atoms. The molecule has 0 aliphatic carbocycles. The first-order valence-corrected chi connectivity index (χ1v) is 8.96. The van der Waals surface area contributed by atoms with E-state index in [9.17, 15) is 4.79 Å². The third kappa shape index (κ3) is 4.27. The Morgan fingerprint density at radius 1 is 1.28 bits per heavy atom. The van der Waals surface area contributed by atoms with Gasteiger partial charge in [0.2, 0.25) is 12.3 Å². The Labute approximate surface area is 147 Å². The minimum Gasteiger partial charge on any atom is -0.445 e. The van der Waals surface area contributed by atoms with Crippen molar-refractivity contribution in [3.8, 4) is 0 Å². The number of rotatable bonds is 4. The fraction of sp³-hybridized carbons (Fsp3) is 0.667. The third-order valence-electron chi connectivity index (χ3n) is 4.60. The highest BCUT2D eigenvalue weighted by Gasteiger charge is 2.29. The maximum Gasteiger partial charge on any atom is 0.223 e. The fourth-order valence-corrected chi connectivity index (χ4v) is 3.13. The zero-order valence-corrected chi connectivity index (χ0v) is 15.2. The van der Waals surface area contributed by atoms with Gasteiger partial charge in [0.25, 0.3) is 0 Å². The number of carbonyl (C=O) groups excluding carboxylic acids is 1. The molecule has 1 fully saturated rings. The van der Waals surface area contributed by atoms with Gasteiger partial charge in [-0.25, -0.2) is 4.98 Å². The largest absolute Gasteiger partial charge is 0.445 e. The second-order valence-corrected chi connectivity index (χ2v) is 7.61. The summed E-state index contributed by atoms with van der Waals surface area (Å²) in [7, 11) is 0. The SMILES string of the molecule is CC(C)(C)c1cnc(CCC(=O)N2CCCCC[C@H]2c2ncon2)o1. The lowest BCUT2D eigenvalue weighted by Crippen LogP contribution is -2.35. The van der Waals surface area contributed by atoms with E-state index in [2.05, 4.69) is 35.9 Å². The van der Waals surface area contributed by atoms with Crippen molar-refractivity contribution in [3.05, 3.63) is 30.1 Å². The number of hydrogen-bond donors (Lipinski definition) is 0. The first-order chi connectivity index (χ1) is 11.9. The molecule has 1 amide bonds. The second kappa shape index (κ2) is 7.37. The van der Waals surface area contributed by atoms with Crippen LogP contribution in [0.1, 0.15) is 76.4 Å². The predicted octanol–water partition coefficient (Wildman–Crippen LogP) is 3.43. The van der Waals surface area contributed by atoms with Gasteiger partial charge in [0.15, 0.2) is 11.7 Å². The highest BCUT2D eigenvalue weighted by Crippen LogP contribution is 2.29. The number of likely N-dealkylation sites (tertiary alicyclic amines) is 1. The van der Waals surface area contributed by atoms with Crippen molar-refractivity contribution in [2.75, 3.05) is 6.54 Å². The standard InChI is InChI=1S/C18H26N4O3/c1-18(2,3)14-11-19-15(25-14)8-9-16(23)22-10-6-4-5-7-13(22)17-20-12-24-21-17/h11-13H,4-10H2,1-3H3/t13-/m0/s1. The number of hydrogen-bond acceptors (Lipinski definition) is 6. The number of amides is 1. The molecule has 1 aliphatic heterocycles. The number of carbonyl (C=O) groups is 1. The minimum absolute atomic E-state index is 0.0796. The summed E-state index contributed by atoms with van der Waals surface area (Å²) in [6.07, 6.45) is 8.02. The molecule has 136 valence electrons. The normalized spacial score (nSPS) is 19.0. The first-order valence-electron chi connectivity index (χ1n) is 8.96. The molecular formula is C18H26N4O3. The van der Waals surface area contributed by atoms with E-state index in [1.807, 2.05) is 4.90 Å². The highest BCUT2D eigenvalue weighted by atomic mass is 16.5. The minimum atomic E-state index is -0.0940. The van der Waals surface area contributed by atoms with Gasteiger partial charge in [-0.15, -0.1) is 0 Å². The first kappa shape index (κ1) is 17.6. The van der Waals surface area contributed by atoms with Crippen LogP contribution in [0, 0.1) is 0 Å². The lowest BCUT2D eigenvalue weighted by Gasteiger charge is -2.27. The molecule has 2 aromatic heterocycles. The maximum atomic E-state index is 12.8. The van der Waals surface area contributed by atoms with Crippen molar-refractivity contribution in [1.29, 1.82) is 0 Å². The molecule has 3 heterocycles. The smallest absolute Gasteiger partial charge is 0.223 e. The third-order valence-corrected chi connectivity index (χ3v) is 4.60. The van der Waals surface area contributed by atoms with Crippen LogP contribution in [0.3, 0.4) is 0 Å². The number of nitrogens with zero attached hydrogens (tertiary/aromatic N) is 4. The molecule has 1 saturated heterocycles. The molecule has 0 bridgehead atoms. The van der Waals surface area contributed by atoms with Gasteiger partial charge in [0, 0.05) is 24.8 Å². The van der Waals surface area contributed by atoms with E-state index in [-0.39, 0.29) is 17.4 Å². The molecular weight excluding hydrogens is 320 g/mol. The van der Waals surface area contributed by atoms with Crippen molar-refractivity contribution in [2.45, 2.75) is 70.8 Å². The Balaban J connectivity index is 1.65. The van der Waals surface area contributed by atoms with Crippen molar-refractivity contribution in [2.24, 2.45) is 0 Å². The van der Waals surface area contributed by atoms with Crippen LogP contribution in [0.5, 0.6) is 0 Å². The molecule has 3 rings (SSSR count). The van der Waals surface area contributed by atoms with E-state index >= 15 is 0 Å². The Hall–Kier alpha value is -2.18. The van der Waals surface area contributed by atoms with Gasteiger partial charge < -0.3 is 13.8 Å². The van der Waals surface area contributed by atoms with Gasteiger partial charge in [-0.2, -0.15) is 4.98 Å².